The quantitative estimate of drug-likeness (QED) is 0.00525. The molecule has 33 nitrogen and oxygen atoms in total. The van der Waals surface area contributed by atoms with E-state index in [2.05, 4.69) is 161 Å². The lowest BCUT2D eigenvalue weighted by Crippen LogP contribution is -2.34. The van der Waals surface area contributed by atoms with E-state index in [1.54, 1.807) is 6.92 Å². The molecule has 0 aliphatic carbocycles. The minimum atomic E-state index is -3.92. The Balaban J connectivity index is -0.00000159. The largest absolute Gasteiger partial charge is 0.748 e. The van der Waals surface area contributed by atoms with Crippen molar-refractivity contribution >= 4 is 159 Å². The molecule has 6 aromatic rings. The average molecular weight is 1820 g/mol. The summed E-state index contributed by atoms with van der Waals surface area (Å²) in [5.74, 6) is -3.28. The summed E-state index contributed by atoms with van der Waals surface area (Å²) >= 11 is 4.23. The third-order valence-corrected chi connectivity index (χ3v) is 23.8. The van der Waals surface area contributed by atoms with Gasteiger partial charge >= 0.3 is 35.8 Å². The first-order valence-corrected chi connectivity index (χ1v) is 48.0. The molecule has 0 bridgehead atoms. The number of aliphatic hydroxyl groups excluding tert-OH is 7. The van der Waals surface area contributed by atoms with Crippen LogP contribution in [-0.2, 0) is 73.2 Å². The molecule has 0 aliphatic rings. The molecule has 3 aromatic heterocycles. The summed E-state index contributed by atoms with van der Waals surface area (Å²) in [7, 11) is -7.85. The summed E-state index contributed by atoms with van der Waals surface area (Å²) in [6, 6.07) is 37.1. The summed E-state index contributed by atoms with van der Waals surface area (Å²) in [6.45, 7) is 8.19. The molecule has 40 heteroatoms. The monoisotopic (exact) mass is 1820 g/mol. The second kappa shape index (κ2) is 69.3. The maximum atomic E-state index is 12.1. The van der Waals surface area contributed by atoms with Crippen molar-refractivity contribution in [2.75, 3.05) is 167 Å². The summed E-state index contributed by atoms with van der Waals surface area (Å²) in [4.78, 5) is 68.1. The number of rotatable bonds is 48. The molecule has 120 heavy (non-hydrogen) atoms. The fourth-order valence-electron chi connectivity index (χ4n) is 9.84. The number of carboxylic acids is 6. The Labute approximate surface area is 718 Å². The van der Waals surface area contributed by atoms with Crippen LogP contribution in [0.5, 0.6) is 0 Å². The zero-order valence-electron chi connectivity index (χ0n) is 67.0. The van der Waals surface area contributed by atoms with E-state index < -0.39 is 71.1 Å². The first-order valence-electron chi connectivity index (χ1n) is 37.1. The molecule has 3 aromatic carbocycles. The number of pyridine rings is 3. The molecule has 0 spiro atoms. The fraction of sp³-hybridized carbons (Fsp3) is 0.438. The fourth-order valence-corrected chi connectivity index (χ4v) is 16.7. The standard InChI is InChI=1S/C38H48N4O4S2.C19H24N2O2S.C9H15O7P.C9H15O6P.C2H6O.2CH4O3S.CH4.H2O/c43-27-21-41(22-28-44)37-9-5-33(6-10-37)1-3-35-13-17-39(18-14-35)25-31-47-48-32-26-40-19-15-36(16-20-40)4-2-34-7-11-38(12-8-34)42(23-29-45)24-30-46;22-14-11-21(12-15-23)19-5-3-17(4-6-19)1-2-18-7-9-20(10-8-18)13-16-24;10-7(11)1-4-17(16,5-2-8(12)13)6-3-9(14)15;10-7(11)1-4-16(5-2-8(12)13)6-3-9(14)15;1-2-3;2*1-5(2,3)4;;/h1-20,43-46H,21-32H2;1-10,22-23H,11-16H2;1-6H2,(H,10,11)(H,12,13)(H,14,15);1-6H2,(H,10,11)(H,12,13)(H,14,15);3H,2H2,1H3;2*1H3,(H,2,3,4);1H4;1H2/q+2;;;;;;;;/p-1. The number of thiol groups is 1. The van der Waals surface area contributed by atoms with E-state index in [1.165, 1.54) is 0 Å². The van der Waals surface area contributed by atoms with Gasteiger partial charge in [-0.05, 0) is 95.2 Å². The molecule has 0 radical (unpaired) electrons. The molecule has 6 rings (SSSR count). The van der Waals surface area contributed by atoms with Crippen molar-refractivity contribution in [2.24, 2.45) is 0 Å². The van der Waals surface area contributed by atoms with Crippen molar-refractivity contribution in [1.82, 2.24) is 0 Å². The zero-order valence-corrected chi connectivity index (χ0v) is 73.0. The SMILES string of the molecule is C.CCO.CS(=O)(=O)[O-].CS(=O)(=O)[O-].O.O=C(O)CCP(=O)(CCC(=O)O)CCC(=O)O.O=C(O)CCP(CCC(=O)O)CCC(=O)O.OCCN(CCO)c1ccc(/C=C/c2cc[n+](CCS)cc2)cc1.OCCN(CCO)c1ccc(/C=C/c2cc[n+](CCSSCC[n+]3ccc(/C=C/c4ccc(N(CCO)CCO)cc4)cc3)cc2)cc1. The van der Waals surface area contributed by atoms with Gasteiger partial charge in [-0.25, -0.2) is 30.5 Å². The molecule has 0 amide bonds. The topological polar surface area (TPSA) is 550 Å². The highest BCUT2D eigenvalue weighted by Gasteiger charge is 2.25. The van der Waals surface area contributed by atoms with E-state index in [1.807, 2.05) is 84.8 Å². The number of benzene rings is 3. The van der Waals surface area contributed by atoms with Crippen LogP contribution in [-0.4, -0.2) is 286 Å². The minimum absolute atomic E-state index is 0. The van der Waals surface area contributed by atoms with E-state index in [0.29, 0.717) is 70.3 Å². The molecule has 672 valence electrons. The van der Waals surface area contributed by atoms with Crippen LogP contribution in [0.3, 0.4) is 0 Å². The number of carboxylic acid groups (broad SMARTS) is 6. The number of aliphatic hydroxyl groups is 7. The van der Waals surface area contributed by atoms with Crippen LogP contribution < -0.4 is 28.4 Å². The summed E-state index contributed by atoms with van der Waals surface area (Å²) in [5, 5.41) is 114. The van der Waals surface area contributed by atoms with Gasteiger partial charge in [0, 0.05) is 155 Å². The number of aliphatic carboxylic acids is 6. The van der Waals surface area contributed by atoms with Gasteiger partial charge in [-0.3, -0.25) is 28.8 Å². The maximum Gasteiger partial charge on any atom is 0.303 e. The van der Waals surface area contributed by atoms with E-state index in [4.69, 9.17) is 71.9 Å². The van der Waals surface area contributed by atoms with Crippen LogP contribution in [0.2, 0.25) is 0 Å². The average Bonchev–Trinajstić information content (AvgIpc) is 0.889. The Morgan fingerprint density at radius 3 is 0.775 bits per heavy atom. The normalized spacial score (nSPS) is 10.9. The van der Waals surface area contributed by atoms with Crippen LogP contribution in [0, 0.1) is 0 Å². The number of hydrogen-bond acceptors (Lipinski definition) is 26. The zero-order chi connectivity index (χ0) is 88.7. The number of aryl methyl sites for hydroxylation is 3. The number of hydrogen-bond donors (Lipinski definition) is 14. The molecule has 15 N–H and O–H groups in total. The highest BCUT2D eigenvalue weighted by molar-refractivity contribution is 8.76. The Morgan fingerprint density at radius 2 is 0.592 bits per heavy atom. The van der Waals surface area contributed by atoms with Gasteiger partial charge in [0.05, 0.1) is 97.8 Å². The van der Waals surface area contributed by atoms with Crippen LogP contribution in [0.4, 0.5) is 17.1 Å². The molecule has 0 unspecified atom stereocenters. The molecular formula is C80H121N6O27P2S5+. The van der Waals surface area contributed by atoms with Crippen LogP contribution >= 0.6 is 49.3 Å². The highest BCUT2D eigenvalue weighted by atomic mass is 33.1. The molecular weight excluding hydrogens is 1700 g/mol. The lowest BCUT2D eigenvalue weighted by molar-refractivity contribution is -0.692. The van der Waals surface area contributed by atoms with Crippen molar-refractivity contribution in [1.29, 1.82) is 0 Å². The van der Waals surface area contributed by atoms with Gasteiger partial charge in [0.25, 0.3) is 0 Å². The lowest BCUT2D eigenvalue weighted by atomic mass is 10.1. The smallest absolute Gasteiger partial charge is 0.303 e. The van der Waals surface area contributed by atoms with Crippen LogP contribution in [0.15, 0.2) is 146 Å². The van der Waals surface area contributed by atoms with Crippen LogP contribution in [0.25, 0.3) is 36.5 Å². The van der Waals surface area contributed by atoms with Crippen molar-refractivity contribution in [3.63, 3.8) is 0 Å². The molecule has 3 heterocycles. The Bertz CT molecular complexity index is 3890. The second-order valence-corrected chi connectivity index (χ2v) is 37.3. The van der Waals surface area contributed by atoms with E-state index >= 15 is 0 Å². The first-order chi connectivity index (χ1) is 55.9. The van der Waals surface area contributed by atoms with Crippen molar-refractivity contribution in [3.8, 4) is 0 Å². The van der Waals surface area contributed by atoms with Gasteiger partial charge < -0.3 is 100 Å². The van der Waals surface area contributed by atoms with Gasteiger partial charge in [-0.15, -0.1) is 7.92 Å². The number of carbonyl (C=O) groups is 6. The summed E-state index contributed by atoms with van der Waals surface area (Å²) in [6.07, 6.45) is 26.0. The first kappa shape index (κ1) is 116. The van der Waals surface area contributed by atoms with Crippen LogP contribution in [0.1, 0.15) is 86.3 Å². The van der Waals surface area contributed by atoms with Gasteiger partial charge in [0.2, 0.25) is 0 Å². The third kappa shape index (κ3) is 64.6. The van der Waals surface area contributed by atoms with Crippen molar-refractivity contribution in [3.05, 3.63) is 180 Å². The predicted octanol–water partition coefficient (Wildman–Crippen LogP) is 5.93. The molecule has 0 saturated heterocycles. The Morgan fingerprint density at radius 1 is 0.400 bits per heavy atom. The number of aromatic nitrogens is 3. The molecule has 0 aliphatic heterocycles. The van der Waals surface area contributed by atoms with Gasteiger partial charge in [0.15, 0.2) is 56.8 Å². The van der Waals surface area contributed by atoms with E-state index in [-0.39, 0.29) is 116 Å². The molecule has 0 atom stereocenters. The van der Waals surface area contributed by atoms with Crippen molar-refractivity contribution < 1.29 is 145 Å². The van der Waals surface area contributed by atoms with E-state index in [9.17, 15) is 53.8 Å². The molecule has 0 saturated carbocycles. The predicted molar refractivity (Wildman–Crippen MR) is 476 cm³/mol. The third-order valence-electron chi connectivity index (χ3n) is 15.6. The maximum absolute atomic E-state index is 12.1. The number of nitrogens with zero attached hydrogens (tertiary/aromatic N) is 6. The molecule has 0 fully saturated rings. The van der Waals surface area contributed by atoms with Gasteiger partial charge in [-0.1, -0.05) is 102 Å². The van der Waals surface area contributed by atoms with E-state index in [0.717, 1.165) is 87.3 Å². The highest BCUT2D eigenvalue weighted by Crippen LogP contribution is 2.47. The summed E-state index contributed by atoms with van der Waals surface area (Å²) < 4.78 is 73.1. The number of anilines is 3. The second-order valence-electron chi connectivity index (χ2n) is 25.2. The Hall–Kier alpha value is -8.24. The lowest BCUT2D eigenvalue weighted by Gasteiger charge is -2.22. The van der Waals surface area contributed by atoms with Gasteiger partial charge in [-0.2, -0.15) is 12.6 Å². The van der Waals surface area contributed by atoms with Crippen molar-refractivity contribution in [2.45, 2.75) is 72.5 Å². The van der Waals surface area contributed by atoms with Gasteiger partial charge in [0.1, 0.15) is 0 Å². The minimum Gasteiger partial charge on any atom is -0.748 e. The summed E-state index contributed by atoms with van der Waals surface area (Å²) in [5.41, 5.74) is 9.74. The Kier molecular flexibility index (Phi) is 66.9.